The molecule has 2 saturated heterocycles. The minimum Gasteiger partial charge on any atom is -0.360 e. The van der Waals surface area contributed by atoms with Gasteiger partial charge in [-0.2, -0.15) is 0 Å². The molecule has 2 heterocycles. The van der Waals surface area contributed by atoms with Crippen molar-refractivity contribution >= 4 is 29.2 Å². The molecule has 0 unspecified atom stereocenters. The van der Waals surface area contributed by atoms with Gasteiger partial charge in [0.05, 0.1) is 6.54 Å². The number of urea groups is 1. The van der Waals surface area contributed by atoms with E-state index in [2.05, 4.69) is 16.0 Å². The molecular weight excluding hydrogens is 358 g/mol. The summed E-state index contributed by atoms with van der Waals surface area (Å²) < 4.78 is 0. The van der Waals surface area contributed by atoms with Crippen molar-refractivity contribution in [2.24, 2.45) is 5.92 Å². The Morgan fingerprint density at radius 3 is 2.36 bits per heavy atom. The molecule has 8 nitrogen and oxygen atoms in total. The minimum absolute atomic E-state index is 0.0257. The first-order chi connectivity index (χ1) is 13.6. The molecule has 3 N–H and O–H groups in total. The van der Waals surface area contributed by atoms with Gasteiger partial charge < -0.3 is 25.8 Å². The highest BCUT2D eigenvalue weighted by Crippen LogP contribution is 2.31. The number of piperazine rings is 1. The molecule has 1 aliphatic carbocycles. The fraction of sp³-hybridized carbons (Fsp3) is 0.550. The third-order valence-electron chi connectivity index (χ3n) is 5.60. The van der Waals surface area contributed by atoms with Crippen molar-refractivity contribution in [3.8, 4) is 0 Å². The molecule has 8 heteroatoms. The second-order valence-corrected chi connectivity index (χ2v) is 7.79. The molecular formula is C20H27N5O3. The number of carbonyl (C=O) groups excluding carboxylic acids is 3. The fourth-order valence-electron chi connectivity index (χ4n) is 3.80. The van der Waals surface area contributed by atoms with Gasteiger partial charge in [-0.25, -0.2) is 4.79 Å². The summed E-state index contributed by atoms with van der Waals surface area (Å²) in [5, 5.41) is 8.67. The average Bonchev–Trinajstić information content (AvgIpc) is 3.54. The van der Waals surface area contributed by atoms with Crippen LogP contribution in [0, 0.1) is 5.92 Å². The molecule has 150 valence electrons. The van der Waals surface area contributed by atoms with Crippen LogP contribution in [0.25, 0.3) is 0 Å². The molecule has 1 saturated carbocycles. The second-order valence-electron chi connectivity index (χ2n) is 7.79. The SMILES string of the molecule is O=C1CN(c2ccc(NC(=O)NC3CCN(C(=O)C4CC4)CC3)cc2)CCN1. The highest BCUT2D eigenvalue weighted by molar-refractivity contribution is 5.90. The van der Waals surface area contributed by atoms with Crippen LogP contribution >= 0.6 is 0 Å². The third-order valence-corrected chi connectivity index (χ3v) is 5.60. The van der Waals surface area contributed by atoms with E-state index in [4.69, 9.17) is 0 Å². The standard InChI is InChI=1S/C20H27N5O3/c26-18-13-25(12-9-21-18)17-5-3-15(4-6-17)22-20(28)23-16-7-10-24(11-8-16)19(27)14-1-2-14/h3-6,14,16H,1-2,7-13H2,(H,21,26)(H2,22,23,28). The van der Waals surface area contributed by atoms with Gasteiger partial charge in [0.15, 0.2) is 0 Å². The van der Waals surface area contributed by atoms with Gasteiger partial charge in [0, 0.05) is 49.5 Å². The summed E-state index contributed by atoms with van der Waals surface area (Å²) in [6.07, 6.45) is 3.65. The van der Waals surface area contributed by atoms with E-state index < -0.39 is 0 Å². The van der Waals surface area contributed by atoms with E-state index in [1.54, 1.807) is 0 Å². The molecule has 4 amide bonds. The summed E-state index contributed by atoms with van der Waals surface area (Å²) in [5.74, 6) is 0.571. The number of carbonyl (C=O) groups is 3. The predicted octanol–water partition coefficient (Wildman–Crippen LogP) is 1.15. The summed E-state index contributed by atoms with van der Waals surface area (Å²) in [4.78, 5) is 39.8. The smallest absolute Gasteiger partial charge is 0.319 e. The zero-order valence-electron chi connectivity index (χ0n) is 15.9. The Balaban J connectivity index is 1.22. The number of hydrogen-bond acceptors (Lipinski definition) is 4. The molecule has 1 aromatic rings. The maximum absolute atomic E-state index is 12.3. The van der Waals surface area contributed by atoms with Crippen molar-refractivity contribution < 1.29 is 14.4 Å². The first kappa shape index (κ1) is 18.6. The average molecular weight is 385 g/mol. The molecule has 3 fully saturated rings. The van der Waals surface area contributed by atoms with Crippen molar-refractivity contribution in [2.45, 2.75) is 31.7 Å². The molecule has 3 aliphatic rings. The first-order valence-electron chi connectivity index (χ1n) is 10.1. The Labute approximate surface area is 164 Å². The van der Waals surface area contributed by atoms with Gasteiger partial charge in [-0.3, -0.25) is 9.59 Å². The van der Waals surface area contributed by atoms with Gasteiger partial charge in [0.1, 0.15) is 0 Å². The Kier molecular flexibility index (Phi) is 5.36. The lowest BCUT2D eigenvalue weighted by Crippen LogP contribution is -2.48. The first-order valence-corrected chi connectivity index (χ1v) is 10.1. The number of rotatable bonds is 4. The van der Waals surface area contributed by atoms with Crippen LogP contribution in [0.5, 0.6) is 0 Å². The van der Waals surface area contributed by atoms with Crippen molar-refractivity contribution in [3.63, 3.8) is 0 Å². The van der Waals surface area contributed by atoms with Gasteiger partial charge in [0.25, 0.3) is 0 Å². The van der Waals surface area contributed by atoms with Gasteiger partial charge in [-0.15, -0.1) is 0 Å². The number of nitrogens with one attached hydrogen (secondary N) is 3. The van der Waals surface area contributed by atoms with E-state index in [1.165, 1.54) is 0 Å². The minimum atomic E-state index is -0.225. The summed E-state index contributed by atoms with van der Waals surface area (Å²) in [6, 6.07) is 7.38. The van der Waals surface area contributed by atoms with Crippen LogP contribution in [-0.2, 0) is 9.59 Å². The Morgan fingerprint density at radius 1 is 1.00 bits per heavy atom. The lowest BCUT2D eigenvalue weighted by Gasteiger charge is -2.32. The lowest BCUT2D eigenvalue weighted by molar-refractivity contribution is -0.133. The Morgan fingerprint density at radius 2 is 1.71 bits per heavy atom. The van der Waals surface area contributed by atoms with E-state index in [9.17, 15) is 14.4 Å². The molecule has 0 bridgehead atoms. The largest absolute Gasteiger partial charge is 0.360 e. The van der Waals surface area contributed by atoms with Gasteiger partial charge >= 0.3 is 6.03 Å². The third kappa shape index (κ3) is 4.55. The molecule has 0 aromatic heterocycles. The summed E-state index contributed by atoms with van der Waals surface area (Å²) in [6.45, 7) is 3.22. The fourth-order valence-corrected chi connectivity index (χ4v) is 3.80. The molecule has 28 heavy (non-hydrogen) atoms. The maximum Gasteiger partial charge on any atom is 0.319 e. The number of likely N-dealkylation sites (tertiary alicyclic amines) is 1. The highest BCUT2D eigenvalue weighted by atomic mass is 16.2. The van der Waals surface area contributed by atoms with E-state index in [1.807, 2.05) is 34.1 Å². The number of anilines is 2. The monoisotopic (exact) mass is 385 g/mol. The molecule has 2 aliphatic heterocycles. The quantitative estimate of drug-likeness (QED) is 0.725. The van der Waals surface area contributed by atoms with Crippen molar-refractivity contribution in [3.05, 3.63) is 24.3 Å². The normalized spacial score (nSPS) is 20.5. The number of hydrogen-bond donors (Lipinski definition) is 3. The predicted molar refractivity (Wildman–Crippen MR) is 106 cm³/mol. The number of piperidine rings is 1. The van der Waals surface area contributed by atoms with Crippen LogP contribution in [0.15, 0.2) is 24.3 Å². The van der Waals surface area contributed by atoms with Gasteiger partial charge in [0.2, 0.25) is 11.8 Å². The maximum atomic E-state index is 12.3. The Bertz CT molecular complexity index is 739. The second kappa shape index (κ2) is 8.08. The molecule has 0 atom stereocenters. The number of nitrogens with zero attached hydrogens (tertiary/aromatic N) is 2. The van der Waals surface area contributed by atoms with E-state index in [-0.39, 0.29) is 29.8 Å². The van der Waals surface area contributed by atoms with Crippen LogP contribution in [0.2, 0.25) is 0 Å². The summed E-state index contributed by atoms with van der Waals surface area (Å²) in [5.41, 5.74) is 1.68. The van der Waals surface area contributed by atoms with E-state index in [0.717, 1.165) is 51.0 Å². The van der Waals surface area contributed by atoms with Crippen LogP contribution in [0.1, 0.15) is 25.7 Å². The zero-order valence-corrected chi connectivity index (χ0v) is 15.9. The highest BCUT2D eigenvalue weighted by Gasteiger charge is 2.35. The van der Waals surface area contributed by atoms with Crippen LogP contribution < -0.4 is 20.9 Å². The lowest BCUT2D eigenvalue weighted by atomic mass is 10.0. The van der Waals surface area contributed by atoms with Crippen LogP contribution in [-0.4, -0.2) is 61.5 Å². The topological polar surface area (TPSA) is 93.8 Å². The van der Waals surface area contributed by atoms with E-state index >= 15 is 0 Å². The zero-order chi connectivity index (χ0) is 19.5. The Hall–Kier alpha value is -2.77. The molecule has 1 aromatic carbocycles. The van der Waals surface area contributed by atoms with Crippen molar-refractivity contribution in [1.29, 1.82) is 0 Å². The van der Waals surface area contributed by atoms with Crippen LogP contribution in [0.3, 0.4) is 0 Å². The van der Waals surface area contributed by atoms with Crippen LogP contribution in [0.4, 0.5) is 16.2 Å². The van der Waals surface area contributed by atoms with Crippen molar-refractivity contribution in [1.82, 2.24) is 15.5 Å². The summed E-state index contributed by atoms with van der Waals surface area (Å²) in [7, 11) is 0. The molecule has 0 radical (unpaired) electrons. The number of amides is 4. The molecule has 0 spiro atoms. The van der Waals surface area contributed by atoms with Crippen molar-refractivity contribution in [2.75, 3.05) is 42.9 Å². The molecule has 4 rings (SSSR count). The summed E-state index contributed by atoms with van der Waals surface area (Å²) >= 11 is 0. The van der Waals surface area contributed by atoms with Gasteiger partial charge in [-0.05, 0) is 49.9 Å². The van der Waals surface area contributed by atoms with E-state index in [0.29, 0.717) is 18.8 Å². The van der Waals surface area contributed by atoms with Gasteiger partial charge in [-0.1, -0.05) is 0 Å². The number of benzene rings is 1.